The molecule has 5 nitrogen and oxygen atoms in total. The van der Waals surface area contributed by atoms with E-state index in [-0.39, 0.29) is 11.5 Å². The van der Waals surface area contributed by atoms with Gasteiger partial charge in [-0.25, -0.2) is 4.79 Å². The summed E-state index contributed by atoms with van der Waals surface area (Å²) < 4.78 is 0. The normalized spacial score (nSPS) is 10.3. The molecule has 0 unspecified atom stereocenters. The average Bonchev–Trinajstić information content (AvgIpc) is 2.67. The molecule has 0 fully saturated rings. The van der Waals surface area contributed by atoms with E-state index >= 15 is 0 Å². The first-order chi connectivity index (χ1) is 12.6. The van der Waals surface area contributed by atoms with E-state index in [9.17, 15) is 14.7 Å². The number of rotatable bonds is 6. The molecule has 0 radical (unpaired) electrons. The Hall–Kier alpha value is -3.47. The molecule has 0 atom stereocenters. The molecule has 3 rings (SSSR count). The first-order valence-electron chi connectivity index (χ1n) is 8.22. The van der Waals surface area contributed by atoms with Gasteiger partial charge in [-0.2, -0.15) is 0 Å². The lowest BCUT2D eigenvalue weighted by atomic mass is 10.0. The number of hydrogen-bond acceptors (Lipinski definition) is 3. The summed E-state index contributed by atoms with van der Waals surface area (Å²) in [6.07, 6.45) is 1.95. The fourth-order valence-electron chi connectivity index (χ4n) is 2.64. The van der Waals surface area contributed by atoms with Gasteiger partial charge in [-0.15, -0.1) is 0 Å². The van der Waals surface area contributed by atoms with E-state index in [2.05, 4.69) is 10.3 Å². The van der Waals surface area contributed by atoms with Crippen LogP contribution in [0.25, 0.3) is 11.1 Å². The topological polar surface area (TPSA) is 79.3 Å². The van der Waals surface area contributed by atoms with E-state index in [1.54, 1.807) is 36.5 Å². The van der Waals surface area contributed by atoms with E-state index in [1.165, 1.54) is 0 Å². The van der Waals surface area contributed by atoms with Crippen LogP contribution in [0.4, 0.5) is 0 Å². The van der Waals surface area contributed by atoms with Crippen molar-refractivity contribution in [3.63, 3.8) is 0 Å². The highest BCUT2D eigenvalue weighted by Crippen LogP contribution is 2.23. The van der Waals surface area contributed by atoms with Crippen molar-refractivity contribution in [2.45, 2.75) is 13.0 Å². The minimum absolute atomic E-state index is 0.0710. The number of pyridine rings is 1. The third kappa shape index (κ3) is 4.33. The number of carbonyl (C=O) groups is 2. The predicted octanol–water partition coefficient (Wildman–Crippen LogP) is 3.31. The number of aromatic nitrogens is 1. The van der Waals surface area contributed by atoms with Crippen molar-refractivity contribution >= 4 is 11.9 Å². The number of amides is 1. The maximum Gasteiger partial charge on any atom is 0.336 e. The van der Waals surface area contributed by atoms with Gasteiger partial charge in [0.05, 0.1) is 24.2 Å². The van der Waals surface area contributed by atoms with E-state index in [4.69, 9.17) is 0 Å². The zero-order chi connectivity index (χ0) is 18.4. The number of benzene rings is 2. The lowest BCUT2D eigenvalue weighted by molar-refractivity contribution is -0.120. The predicted molar refractivity (Wildman–Crippen MR) is 98.6 cm³/mol. The van der Waals surface area contributed by atoms with Gasteiger partial charge >= 0.3 is 5.97 Å². The molecule has 0 saturated carbocycles. The number of nitrogens with one attached hydrogen (secondary N) is 1. The molecule has 2 aromatic carbocycles. The molecule has 5 heteroatoms. The molecule has 1 aromatic heterocycles. The molecule has 26 heavy (non-hydrogen) atoms. The van der Waals surface area contributed by atoms with Gasteiger partial charge in [0.1, 0.15) is 0 Å². The van der Waals surface area contributed by atoms with E-state index in [1.807, 2.05) is 36.4 Å². The second kappa shape index (κ2) is 8.07. The number of hydrogen-bond donors (Lipinski definition) is 2. The summed E-state index contributed by atoms with van der Waals surface area (Å²) in [7, 11) is 0. The Morgan fingerprint density at radius 1 is 0.923 bits per heavy atom. The van der Waals surface area contributed by atoms with Gasteiger partial charge in [0, 0.05) is 11.8 Å². The van der Waals surface area contributed by atoms with Crippen molar-refractivity contribution < 1.29 is 14.7 Å². The molecule has 2 N–H and O–H groups in total. The summed E-state index contributed by atoms with van der Waals surface area (Å²) in [6.45, 7) is 0.326. The van der Waals surface area contributed by atoms with Crippen molar-refractivity contribution in [1.82, 2.24) is 10.3 Å². The van der Waals surface area contributed by atoms with Gasteiger partial charge in [-0.1, -0.05) is 54.6 Å². The van der Waals surface area contributed by atoms with Gasteiger partial charge in [0.15, 0.2) is 0 Å². The van der Waals surface area contributed by atoms with Crippen molar-refractivity contribution in [2.75, 3.05) is 0 Å². The van der Waals surface area contributed by atoms with Crippen LogP contribution in [0.5, 0.6) is 0 Å². The first kappa shape index (κ1) is 17.4. The summed E-state index contributed by atoms with van der Waals surface area (Å²) >= 11 is 0. The minimum atomic E-state index is -0.974. The number of aromatic carboxylic acids is 1. The van der Waals surface area contributed by atoms with E-state index < -0.39 is 5.97 Å². The van der Waals surface area contributed by atoms with Crippen LogP contribution in [-0.4, -0.2) is 22.0 Å². The van der Waals surface area contributed by atoms with Gasteiger partial charge < -0.3 is 10.4 Å². The lowest BCUT2D eigenvalue weighted by Crippen LogP contribution is -2.24. The molecule has 1 heterocycles. The van der Waals surface area contributed by atoms with Gasteiger partial charge in [-0.05, 0) is 23.3 Å². The second-order valence-electron chi connectivity index (χ2n) is 5.83. The molecule has 0 bridgehead atoms. The number of carboxylic acid groups (broad SMARTS) is 1. The van der Waals surface area contributed by atoms with Crippen molar-refractivity contribution in [3.8, 4) is 11.1 Å². The third-order valence-electron chi connectivity index (χ3n) is 3.97. The SMILES string of the molecule is O=C(Cc1ccccc1)NCc1ccc(-c2ccccc2C(=O)O)cn1. The molecule has 130 valence electrons. The van der Waals surface area contributed by atoms with Crippen LogP contribution in [0.1, 0.15) is 21.6 Å². The van der Waals surface area contributed by atoms with Crippen LogP contribution in [0, 0.1) is 0 Å². The zero-order valence-corrected chi connectivity index (χ0v) is 14.1. The maximum absolute atomic E-state index is 12.0. The molecular formula is C21H18N2O3. The van der Waals surface area contributed by atoms with Crippen LogP contribution >= 0.6 is 0 Å². The molecule has 1 amide bonds. The van der Waals surface area contributed by atoms with Gasteiger partial charge in [0.2, 0.25) is 5.91 Å². The van der Waals surface area contributed by atoms with Gasteiger partial charge in [-0.3, -0.25) is 9.78 Å². The molecule has 0 spiro atoms. The Labute approximate surface area is 151 Å². The molecule has 0 aliphatic carbocycles. The fraction of sp³-hybridized carbons (Fsp3) is 0.0952. The zero-order valence-electron chi connectivity index (χ0n) is 14.1. The molecule has 3 aromatic rings. The number of nitrogens with zero attached hydrogens (tertiary/aromatic N) is 1. The number of carbonyl (C=O) groups excluding carboxylic acids is 1. The minimum Gasteiger partial charge on any atom is -0.478 e. The summed E-state index contributed by atoms with van der Waals surface area (Å²) in [4.78, 5) is 27.6. The Bertz CT molecular complexity index is 906. The first-order valence-corrected chi connectivity index (χ1v) is 8.22. The van der Waals surface area contributed by atoms with Crippen molar-refractivity contribution in [3.05, 3.63) is 89.7 Å². The monoisotopic (exact) mass is 346 g/mol. The molecular weight excluding hydrogens is 328 g/mol. The summed E-state index contributed by atoms with van der Waals surface area (Å²) in [6, 6.07) is 19.9. The third-order valence-corrected chi connectivity index (χ3v) is 3.97. The second-order valence-corrected chi connectivity index (χ2v) is 5.83. The Balaban J connectivity index is 1.63. The smallest absolute Gasteiger partial charge is 0.336 e. The maximum atomic E-state index is 12.0. The van der Waals surface area contributed by atoms with Crippen molar-refractivity contribution in [1.29, 1.82) is 0 Å². The Morgan fingerprint density at radius 3 is 2.35 bits per heavy atom. The van der Waals surface area contributed by atoms with Gasteiger partial charge in [0.25, 0.3) is 0 Å². The Kier molecular flexibility index (Phi) is 5.39. The van der Waals surface area contributed by atoms with Crippen molar-refractivity contribution in [2.24, 2.45) is 0 Å². The lowest BCUT2D eigenvalue weighted by Gasteiger charge is -2.08. The highest BCUT2D eigenvalue weighted by atomic mass is 16.4. The highest BCUT2D eigenvalue weighted by molar-refractivity contribution is 5.95. The molecule has 0 saturated heterocycles. The summed E-state index contributed by atoms with van der Waals surface area (Å²) in [5, 5.41) is 12.1. The quantitative estimate of drug-likeness (QED) is 0.718. The van der Waals surface area contributed by atoms with Crippen LogP contribution in [-0.2, 0) is 17.8 Å². The van der Waals surface area contributed by atoms with Crippen LogP contribution in [0.15, 0.2) is 72.9 Å². The van der Waals surface area contributed by atoms with E-state index in [0.717, 1.165) is 11.1 Å². The Morgan fingerprint density at radius 2 is 1.65 bits per heavy atom. The molecule has 0 aliphatic heterocycles. The van der Waals surface area contributed by atoms with Crippen LogP contribution in [0.3, 0.4) is 0 Å². The van der Waals surface area contributed by atoms with Crippen LogP contribution < -0.4 is 5.32 Å². The number of carboxylic acids is 1. The summed E-state index contributed by atoms with van der Waals surface area (Å²) in [5.41, 5.74) is 3.24. The average molecular weight is 346 g/mol. The highest BCUT2D eigenvalue weighted by Gasteiger charge is 2.11. The largest absolute Gasteiger partial charge is 0.478 e. The van der Waals surface area contributed by atoms with Crippen LogP contribution in [0.2, 0.25) is 0 Å². The standard InChI is InChI=1S/C21H18N2O3/c24-20(12-15-6-2-1-3-7-15)23-14-17-11-10-16(13-22-17)18-8-4-5-9-19(18)21(25)26/h1-11,13H,12,14H2,(H,23,24)(H,25,26). The fourth-order valence-corrected chi connectivity index (χ4v) is 2.64. The van der Waals surface area contributed by atoms with E-state index in [0.29, 0.717) is 24.2 Å². The molecule has 0 aliphatic rings. The summed E-state index contributed by atoms with van der Waals surface area (Å²) in [5.74, 6) is -1.05.